The third kappa shape index (κ3) is 5.12. The highest BCUT2D eigenvalue weighted by atomic mass is 32.2. The van der Waals surface area contributed by atoms with E-state index in [0.717, 1.165) is 65.8 Å². The van der Waals surface area contributed by atoms with E-state index in [1.165, 1.54) is 6.26 Å². The van der Waals surface area contributed by atoms with Gasteiger partial charge in [-0.15, -0.1) is 0 Å². The second-order valence-electron chi connectivity index (χ2n) is 11.0. The summed E-state index contributed by atoms with van der Waals surface area (Å²) in [5.74, 6) is 0.930. The number of hydrogen-bond acceptors (Lipinski definition) is 7. The van der Waals surface area contributed by atoms with E-state index in [2.05, 4.69) is 23.8 Å². The molecule has 6 rings (SSSR count). The Bertz CT molecular complexity index is 1720. The Morgan fingerprint density at radius 2 is 1.74 bits per heavy atom. The first-order chi connectivity index (χ1) is 18.7. The summed E-state index contributed by atoms with van der Waals surface area (Å²) in [6.45, 7) is 4.22. The Morgan fingerprint density at radius 1 is 1.00 bits per heavy atom. The van der Waals surface area contributed by atoms with Gasteiger partial charge in [-0.2, -0.15) is 0 Å². The van der Waals surface area contributed by atoms with Crippen LogP contribution in [0.2, 0.25) is 0 Å². The molecule has 0 saturated heterocycles. The summed E-state index contributed by atoms with van der Waals surface area (Å²) in [5, 5.41) is 0. The van der Waals surface area contributed by atoms with Crippen LogP contribution in [0.4, 0.5) is 0 Å². The van der Waals surface area contributed by atoms with Crippen molar-refractivity contribution in [1.29, 1.82) is 4.78 Å². The maximum atomic E-state index is 13.9. The predicted molar refractivity (Wildman–Crippen MR) is 153 cm³/mol. The summed E-state index contributed by atoms with van der Waals surface area (Å²) < 4.78 is 21.7. The molecule has 0 bridgehead atoms. The number of aromatic nitrogens is 5. The highest BCUT2D eigenvalue weighted by Gasteiger charge is 2.33. The molecule has 4 aromatic rings. The van der Waals surface area contributed by atoms with Crippen molar-refractivity contribution in [1.82, 2.24) is 24.5 Å². The smallest absolute Gasteiger partial charge is 0.274 e. The van der Waals surface area contributed by atoms with Crippen molar-refractivity contribution in [3.05, 3.63) is 75.7 Å². The van der Waals surface area contributed by atoms with Crippen molar-refractivity contribution < 1.29 is 4.21 Å². The molecule has 3 aromatic heterocycles. The monoisotopic (exact) mass is 542 g/mol. The van der Waals surface area contributed by atoms with Gasteiger partial charge in [0.05, 0.1) is 26.8 Å². The lowest BCUT2D eigenvalue weighted by molar-refractivity contribution is 0.479. The fourth-order valence-electron chi connectivity index (χ4n) is 5.43. The Labute approximate surface area is 228 Å². The normalized spacial score (nSPS) is 17.7. The first-order valence-electron chi connectivity index (χ1n) is 13.8. The number of pyridine rings is 1. The number of nitrogens with zero attached hydrogens (tertiary/aromatic N) is 5. The molecule has 0 aliphatic heterocycles. The van der Waals surface area contributed by atoms with Gasteiger partial charge in [-0.3, -0.25) is 9.36 Å². The largest absolute Gasteiger partial charge is 0.287 e. The number of nitrogens with one attached hydrogen (secondary N) is 1. The Balaban J connectivity index is 1.41. The summed E-state index contributed by atoms with van der Waals surface area (Å²) >= 11 is 0. The quantitative estimate of drug-likeness (QED) is 0.300. The fourth-order valence-corrected chi connectivity index (χ4v) is 6.09. The number of aryl methyl sites for hydroxylation is 3. The summed E-state index contributed by atoms with van der Waals surface area (Å²) in [5.41, 5.74) is 6.71. The van der Waals surface area contributed by atoms with Crippen molar-refractivity contribution in [3.8, 4) is 11.3 Å². The van der Waals surface area contributed by atoms with Crippen LogP contribution in [0, 0.1) is 10.7 Å². The summed E-state index contributed by atoms with van der Waals surface area (Å²) in [6, 6.07) is 11.3. The van der Waals surface area contributed by atoms with E-state index in [4.69, 9.17) is 14.7 Å². The van der Waals surface area contributed by atoms with Gasteiger partial charge in [0, 0.05) is 28.7 Å². The lowest BCUT2D eigenvalue weighted by Crippen LogP contribution is -2.30. The van der Waals surface area contributed by atoms with Gasteiger partial charge in [0.1, 0.15) is 17.5 Å². The van der Waals surface area contributed by atoms with Crippen LogP contribution >= 0.6 is 0 Å². The topological polar surface area (TPSA) is 114 Å². The molecular formula is C30H34N6O2S. The molecule has 1 aromatic carbocycles. The minimum absolute atomic E-state index is 0.0408. The Kier molecular flexibility index (Phi) is 6.57. The maximum absolute atomic E-state index is 13.9. The molecule has 202 valence electrons. The summed E-state index contributed by atoms with van der Waals surface area (Å²) in [4.78, 5) is 33.5. The SMILES string of the molecule is CCc1ncnc(C2CC2)c1-c1ccc2nc(CCc3ccc(S(C)(=N)=O)cc3)c(=O)n([C@@H](C)C3CC3)c2n1. The van der Waals surface area contributed by atoms with Crippen molar-refractivity contribution in [3.63, 3.8) is 0 Å². The maximum Gasteiger partial charge on any atom is 0.274 e. The minimum Gasteiger partial charge on any atom is -0.287 e. The van der Waals surface area contributed by atoms with Crippen LogP contribution in [0.5, 0.6) is 0 Å². The lowest BCUT2D eigenvalue weighted by atomic mass is 10.0. The second kappa shape index (κ2) is 9.93. The predicted octanol–water partition coefficient (Wildman–Crippen LogP) is 5.48. The zero-order chi connectivity index (χ0) is 27.3. The molecule has 3 heterocycles. The highest BCUT2D eigenvalue weighted by Crippen LogP contribution is 2.44. The highest BCUT2D eigenvalue weighted by molar-refractivity contribution is 7.91. The van der Waals surface area contributed by atoms with Crippen molar-refractivity contribution in [2.45, 2.75) is 75.6 Å². The summed E-state index contributed by atoms with van der Waals surface area (Å²) in [6.07, 6.45) is 9.51. The lowest BCUT2D eigenvalue weighted by Gasteiger charge is -2.19. The van der Waals surface area contributed by atoms with Gasteiger partial charge < -0.3 is 0 Å². The molecule has 39 heavy (non-hydrogen) atoms. The zero-order valence-electron chi connectivity index (χ0n) is 22.7. The van der Waals surface area contributed by atoms with Crippen LogP contribution in [0.25, 0.3) is 22.4 Å². The van der Waals surface area contributed by atoms with E-state index in [9.17, 15) is 9.00 Å². The van der Waals surface area contributed by atoms with E-state index < -0.39 is 9.73 Å². The molecule has 2 aliphatic carbocycles. The van der Waals surface area contributed by atoms with Crippen LogP contribution < -0.4 is 5.56 Å². The first kappa shape index (κ1) is 25.8. The number of benzene rings is 1. The zero-order valence-corrected chi connectivity index (χ0v) is 23.5. The van der Waals surface area contributed by atoms with Gasteiger partial charge in [-0.1, -0.05) is 19.1 Å². The van der Waals surface area contributed by atoms with Gasteiger partial charge in [0.2, 0.25) is 0 Å². The van der Waals surface area contributed by atoms with Crippen molar-refractivity contribution in [2.75, 3.05) is 6.26 Å². The average Bonchev–Trinajstić information content (AvgIpc) is 3.84. The number of hydrogen-bond donors (Lipinski definition) is 1. The number of fused-ring (bicyclic) bond motifs is 1. The fraction of sp³-hybridized carbons (Fsp3) is 0.433. The van der Waals surface area contributed by atoms with Crippen molar-refractivity contribution >= 4 is 20.9 Å². The molecule has 2 saturated carbocycles. The summed E-state index contributed by atoms with van der Waals surface area (Å²) in [7, 11) is -2.75. The van der Waals surface area contributed by atoms with Crippen LogP contribution in [-0.4, -0.2) is 35.0 Å². The molecule has 2 aliphatic rings. The molecule has 9 heteroatoms. The third-order valence-electron chi connectivity index (χ3n) is 8.05. The standard InChI is InChI=1S/C30H34N6O2S/c1-4-23-27(28(21-10-11-21)33-17-32-23)24-15-16-25-29(35-24)36(18(2)20-8-9-20)30(37)26(34-25)14-7-19-5-12-22(13-6-19)39(3,31)38/h5-6,12-13,15-18,20-21,31H,4,7-11,14H2,1-3H3/t18-,39?/m0/s1. The molecule has 8 nitrogen and oxygen atoms in total. The van der Waals surface area contributed by atoms with E-state index in [1.807, 2.05) is 28.8 Å². The minimum atomic E-state index is -2.75. The molecule has 0 amide bonds. The van der Waals surface area contributed by atoms with Gasteiger partial charge in [0.15, 0.2) is 5.65 Å². The molecule has 2 atom stereocenters. The molecule has 0 spiro atoms. The van der Waals surface area contributed by atoms with Crippen LogP contribution in [0.15, 0.2) is 52.4 Å². The van der Waals surface area contributed by atoms with Crippen molar-refractivity contribution in [2.24, 2.45) is 5.92 Å². The first-order valence-corrected chi connectivity index (χ1v) is 15.8. The Hall–Kier alpha value is -3.46. The van der Waals surface area contributed by atoms with Gasteiger partial charge in [-0.05, 0) is 87.6 Å². The van der Waals surface area contributed by atoms with E-state index in [1.54, 1.807) is 18.5 Å². The van der Waals surface area contributed by atoms with E-state index in [-0.39, 0.29) is 11.6 Å². The Morgan fingerprint density at radius 3 is 2.38 bits per heavy atom. The van der Waals surface area contributed by atoms with Gasteiger partial charge in [-0.25, -0.2) is 28.9 Å². The van der Waals surface area contributed by atoms with E-state index in [0.29, 0.717) is 40.9 Å². The van der Waals surface area contributed by atoms with Crippen LogP contribution in [0.1, 0.15) is 74.1 Å². The molecule has 2 fully saturated rings. The van der Waals surface area contributed by atoms with Gasteiger partial charge >= 0.3 is 0 Å². The van der Waals surface area contributed by atoms with Crippen LogP contribution in [-0.2, 0) is 29.0 Å². The molecule has 0 radical (unpaired) electrons. The van der Waals surface area contributed by atoms with Crippen LogP contribution in [0.3, 0.4) is 0 Å². The third-order valence-corrected chi connectivity index (χ3v) is 9.22. The van der Waals surface area contributed by atoms with E-state index >= 15 is 0 Å². The van der Waals surface area contributed by atoms with Gasteiger partial charge in [0.25, 0.3) is 5.56 Å². The average molecular weight is 543 g/mol. The molecule has 1 unspecified atom stereocenters. The second-order valence-corrected chi connectivity index (χ2v) is 13.2. The molecule has 1 N–H and O–H groups in total. The number of rotatable bonds is 9. The molecular weight excluding hydrogens is 508 g/mol.